The largest absolute Gasteiger partial charge is 0.414 e. The van der Waals surface area contributed by atoms with Gasteiger partial charge in [-0.05, 0) is 56.3 Å². The minimum absolute atomic E-state index is 0.205. The molecule has 2 saturated carbocycles. The van der Waals surface area contributed by atoms with E-state index in [1.54, 1.807) is 0 Å². The fourth-order valence-electron chi connectivity index (χ4n) is 3.72. The van der Waals surface area contributed by atoms with Gasteiger partial charge in [0.15, 0.2) is 8.32 Å². The number of thioether (sulfide) groups is 2. The van der Waals surface area contributed by atoms with Gasteiger partial charge in [0.2, 0.25) is 0 Å². The van der Waals surface area contributed by atoms with E-state index in [-0.39, 0.29) is 12.0 Å². The maximum Gasteiger partial charge on any atom is 0.184 e. The number of carbonyl (C=O) groups is 1. The van der Waals surface area contributed by atoms with Gasteiger partial charge in [0.25, 0.3) is 0 Å². The highest BCUT2D eigenvalue weighted by molar-refractivity contribution is 8.18. The lowest BCUT2D eigenvalue weighted by Crippen LogP contribution is -2.47. The number of hydrogen-bond acceptors (Lipinski definition) is 4. The molecule has 3 rings (SSSR count). The van der Waals surface area contributed by atoms with Crippen molar-refractivity contribution in [2.45, 2.75) is 55.5 Å². The Hall–Kier alpha value is 0.547. The first kappa shape index (κ1) is 14.5. The van der Waals surface area contributed by atoms with Crippen LogP contribution in [0.15, 0.2) is 0 Å². The van der Waals surface area contributed by atoms with Gasteiger partial charge in [-0.3, -0.25) is 4.79 Å². The molecule has 3 fully saturated rings. The second-order valence-corrected chi connectivity index (χ2v) is 14.6. The lowest BCUT2D eigenvalue weighted by atomic mass is 9.85. The molecule has 2 bridgehead atoms. The molecule has 3 unspecified atom stereocenters. The van der Waals surface area contributed by atoms with E-state index in [9.17, 15) is 4.79 Å². The van der Waals surface area contributed by atoms with Gasteiger partial charge in [-0.1, -0.05) is 0 Å². The Balaban J connectivity index is 1.83. The molecule has 0 amide bonds. The maximum atomic E-state index is 12.3. The van der Waals surface area contributed by atoms with Crippen LogP contribution < -0.4 is 0 Å². The predicted molar refractivity (Wildman–Crippen MR) is 86.3 cm³/mol. The molecule has 1 heterocycles. The molecule has 19 heavy (non-hydrogen) atoms. The van der Waals surface area contributed by atoms with E-state index in [1.807, 2.05) is 0 Å². The van der Waals surface area contributed by atoms with Crippen molar-refractivity contribution in [3.8, 4) is 0 Å². The first-order valence-corrected chi connectivity index (χ1v) is 12.8. The second-order valence-electron chi connectivity index (χ2n) is 7.04. The van der Waals surface area contributed by atoms with Crippen LogP contribution in [0.2, 0.25) is 19.6 Å². The smallest absolute Gasteiger partial charge is 0.184 e. The molecule has 0 aromatic heterocycles. The summed E-state index contributed by atoms with van der Waals surface area (Å²) in [6, 6.07) is 0. The molecule has 108 valence electrons. The van der Waals surface area contributed by atoms with Crippen molar-refractivity contribution < 1.29 is 9.22 Å². The van der Waals surface area contributed by atoms with Crippen LogP contribution in [0.1, 0.15) is 25.7 Å². The Morgan fingerprint density at radius 2 is 1.95 bits per heavy atom. The predicted octanol–water partition coefficient (Wildman–Crippen LogP) is 3.77. The average molecular weight is 317 g/mol. The maximum absolute atomic E-state index is 12.3. The van der Waals surface area contributed by atoms with Gasteiger partial charge in [0.05, 0.1) is 10.2 Å². The van der Waals surface area contributed by atoms with E-state index in [0.29, 0.717) is 15.8 Å². The fourth-order valence-corrected chi connectivity index (χ4v) is 8.56. The van der Waals surface area contributed by atoms with E-state index in [0.717, 1.165) is 19.3 Å². The van der Waals surface area contributed by atoms with Crippen LogP contribution in [0.3, 0.4) is 0 Å². The highest BCUT2D eigenvalue weighted by atomic mass is 32.2. The van der Waals surface area contributed by atoms with Crippen molar-refractivity contribution in [1.82, 2.24) is 0 Å². The highest BCUT2D eigenvalue weighted by Gasteiger charge is 2.56. The van der Waals surface area contributed by atoms with Crippen molar-refractivity contribution in [2.24, 2.45) is 11.8 Å². The summed E-state index contributed by atoms with van der Waals surface area (Å²) < 4.78 is 6.70. The summed E-state index contributed by atoms with van der Waals surface area (Å²) in [6.07, 6.45) is 4.54. The van der Waals surface area contributed by atoms with Crippen LogP contribution in [0.5, 0.6) is 0 Å². The summed E-state index contributed by atoms with van der Waals surface area (Å²) in [7, 11) is -1.56. The summed E-state index contributed by atoms with van der Waals surface area (Å²) in [5, 5.41) is 0. The zero-order valence-corrected chi connectivity index (χ0v) is 14.7. The van der Waals surface area contributed by atoms with Crippen molar-refractivity contribution >= 4 is 37.6 Å². The number of ketones is 1. The van der Waals surface area contributed by atoms with Crippen LogP contribution in [-0.2, 0) is 9.22 Å². The lowest BCUT2D eigenvalue weighted by Gasteiger charge is -2.47. The van der Waals surface area contributed by atoms with Crippen LogP contribution in [-0.4, -0.2) is 35.8 Å². The second kappa shape index (κ2) is 5.07. The van der Waals surface area contributed by atoms with Crippen molar-refractivity contribution in [1.29, 1.82) is 0 Å². The third-order valence-electron chi connectivity index (χ3n) is 4.44. The Labute approximate surface area is 125 Å². The molecule has 2 nitrogen and oxygen atoms in total. The average Bonchev–Trinajstić information content (AvgIpc) is 2.66. The number of fused-ring (bicyclic) bond motifs is 3. The minimum Gasteiger partial charge on any atom is -0.414 e. The third kappa shape index (κ3) is 2.81. The summed E-state index contributed by atoms with van der Waals surface area (Å²) >= 11 is 4.25. The quantitative estimate of drug-likeness (QED) is 0.724. The monoisotopic (exact) mass is 316 g/mol. The fraction of sp³-hybridized carbons (Fsp3) is 0.929. The van der Waals surface area contributed by atoms with E-state index in [1.165, 1.54) is 17.9 Å². The van der Waals surface area contributed by atoms with Gasteiger partial charge in [0.1, 0.15) is 5.78 Å². The van der Waals surface area contributed by atoms with E-state index < -0.39 is 8.32 Å². The first-order valence-electron chi connectivity index (χ1n) is 7.38. The van der Waals surface area contributed by atoms with Gasteiger partial charge in [-0.25, -0.2) is 0 Å². The van der Waals surface area contributed by atoms with Gasteiger partial charge in [0, 0.05) is 12.3 Å². The Morgan fingerprint density at radius 3 is 2.58 bits per heavy atom. The van der Waals surface area contributed by atoms with Crippen LogP contribution in [0.25, 0.3) is 0 Å². The molecule has 1 aliphatic heterocycles. The Morgan fingerprint density at radius 1 is 1.26 bits per heavy atom. The molecule has 1 saturated heterocycles. The highest BCUT2D eigenvalue weighted by Crippen LogP contribution is 2.60. The van der Waals surface area contributed by atoms with Crippen molar-refractivity contribution in [3.05, 3.63) is 0 Å². The molecular weight excluding hydrogens is 292 g/mol. The van der Waals surface area contributed by atoms with Gasteiger partial charge in [-0.2, -0.15) is 0 Å². The normalized spacial score (nSPS) is 37.8. The van der Waals surface area contributed by atoms with Gasteiger partial charge in [-0.15, -0.1) is 23.5 Å². The molecule has 0 aromatic rings. The zero-order valence-electron chi connectivity index (χ0n) is 12.1. The van der Waals surface area contributed by atoms with Gasteiger partial charge >= 0.3 is 0 Å². The third-order valence-corrected chi connectivity index (χ3v) is 9.12. The Kier molecular flexibility index (Phi) is 3.87. The molecule has 0 radical (unpaired) electrons. The Bertz CT molecular complexity index is 374. The molecule has 0 N–H and O–H groups in total. The van der Waals surface area contributed by atoms with E-state index in [4.69, 9.17) is 4.43 Å². The molecule has 3 atom stereocenters. The number of Topliss-reactive ketones (excluding diaryl/α,β-unsaturated/α-hetero) is 1. The molecule has 0 aromatic carbocycles. The zero-order chi connectivity index (χ0) is 13.7. The standard InChI is InChI=1S/C14H24O2S2Si/c1-19(2,3)16-13-9-14(17-5-4-6-18-14)10-7-11(13)12(15)8-10/h10-11,13H,4-9H2,1-3H3. The minimum atomic E-state index is -1.56. The van der Waals surface area contributed by atoms with Crippen molar-refractivity contribution in [3.63, 3.8) is 0 Å². The SMILES string of the molecule is C[Si](C)(C)OC1CC2(SCCCS2)C2CC(=O)C1C2. The molecular formula is C14H24O2S2Si. The summed E-state index contributed by atoms with van der Waals surface area (Å²) in [5.74, 6) is 3.84. The van der Waals surface area contributed by atoms with Crippen LogP contribution in [0.4, 0.5) is 0 Å². The number of rotatable bonds is 2. The van der Waals surface area contributed by atoms with E-state index >= 15 is 0 Å². The molecule has 5 heteroatoms. The van der Waals surface area contributed by atoms with Crippen LogP contribution >= 0.6 is 23.5 Å². The molecule has 3 aliphatic rings. The lowest BCUT2D eigenvalue weighted by molar-refractivity contribution is -0.123. The van der Waals surface area contributed by atoms with E-state index in [2.05, 4.69) is 43.2 Å². The van der Waals surface area contributed by atoms with Crippen molar-refractivity contribution in [2.75, 3.05) is 11.5 Å². The summed E-state index contributed by atoms with van der Waals surface area (Å²) in [6.45, 7) is 6.73. The number of hydrogen-bond donors (Lipinski definition) is 0. The molecule has 2 aliphatic carbocycles. The van der Waals surface area contributed by atoms with Gasteiger partial charge < -0.3 is 4.43 Å². The van der Waals surface area contributed by atoms with Crippen LogP contribution in [0, 0.1) is 11.8 Å². The summed E-state index contributed by atoms with van der Waals surface area (Å²) in [4.78, 5) is 12.3. The molecule has 1 spiro atoms. The first-order chi connectivity index (χ1) is 8.90. The summed E-state index contributed by atoms with van der Waals surface area (Å²) in [5.41, 5.74) is 0. The topological polar surface area (TPSA) is 26.3 Å². The number of carbonyl (C=O) groups excluding carboxylic acids is 1.